The second-order valence-corrected chi connectivity index (χ2v) is 7.25. The fraction of sp³-hybridized carbons (Fsp3) is 0.167. The first-order valence-electron chi connectivity index (χ1n) is 9.93. The van der Waals surface area contributed by atoms with Gasteiger partial charge in [-0.2, -0.15) is 0 Å². The third-order valence-electron chi connectivity index (χ3n) is 4.94. The van der Waals surface area contributed by atoms with E-state index in [1.165, 1.54) is 0 Å². The number of ether oxygens (including phenoxy) is 2. The normalized spacial score (nSPS) is 11.9. The van der Waals surface area contributed by atoms with E-state index in [1.807, 2.05) is 49.4 Å². The largest absolute Gasteiger partial charge is 0.497 e. The lowest BCUT2D eigenvalue weighted by Gasteiger charge is -2.11. The Hall–Kier alpha value is -4.00. The zero-order chi connectivity index (χ0) is 21.8. The van der Waals surface area contributed by atoms with Gasteiger partial charge in [-0.05, 0) is 66.9 Å². The van der Waals surface area contributed by atoms with Crippen LogP contribution in [0.5, 0.6) is 17.2 Å². The number of aryl methyl sites for hydroxylation is 1. The van der Waals surface area contributed by atoms with Crippen LogP contribution in [0.2, 0.25) is 0 Å². The van der Waals surface area contributed by atoms with Crippen LogP contribution < -0.4 is 25.4 Å². The summed E-state index contributed by atoms with van der Waals surface area (Å²) in [5.74, 6) is 1.52. The van der Waals surface area contributed by atoms with E-state index in [1.54, 1.807) is 25.3 Å². The summed E-state index contributed by atoms with van der Waals surface area (Å²) in [7, 11) is 1.62. The maximum absolute atomic E-state index is 12.7. The van der Waals surface area contributed by atoms with E-state index in [2.05, 4.69) is 16.0 Å². The Morgan fingerprint density at radius 1 is 1.03 bits per heavy atom. The maximum atomic E-state index is 12.7. The third kappa shape index (κ3) is 4.78. The van der Waals surface area contributed by atoms with Crippen molar-refractivity contribution in [2.45, 2.75) is 13.3 Å². The van der Waals surface area contributed by atoms with E-state index >= 15 is 0 Å². The second-order valence-electron chi connectivity index (χ2n) is 7.25. The maximum Gasteiger partial charge on any atom is 0.319 e. The first-order valence-corrected chi connectivity index (χ1v) is 9.93. The first kappa shape index (κ1) is 20.3. The van der Waals surface area contributed by atoms with Gasteiger partial charge in [0.1, 0.15) is 11.5 Å². The number of urea groups is 1. The molecule has 4 rings (SSSR count). The molecule has 0 radical (unpaired) electrons. The molecule has 7 heteroatoms. The fourth-order valence-corrected chi connectivity index (χ4v) is 3.30. The highest BCUT2D eigenvalue weighted by Crippen LogP contribution is 2.37. The summed E-state index contributed by atoms with van der Waals surface area (Å²) in [6.45, 7) is 2.42. The van der Waals surface area contributed by atoms with Gasteiger partial charge in [-0.15, -0.1) is 0 Å². The molecule has 0 fully saturated rings. The lowest BCUT2D eigenvalue weighted by Crippen LogP contribution is -2.30. The van der Waals surface area contributed by atoms with Crippen LogP contribution in [0.25, 0.3) is 0 Å². The predicted octanol–water partition coefficient (Wildman–Crippen LogP) is 4.73. The minimum Gasteiger partial charge on any atom is -0.497 e. The lowest BCUT2D eigenvalue weighted by molar-refractivity contribution is 0.102. The molecule has 3 aromatic rings. The zero-order valence-corrected chi connectivity index (χ0v) is 17.3. The van der Waals surface area contributed by atoms with Gasteiger partial charge in [-0.3, -0.25) is 4.79 Å². The Balaban J connectivity index is 1.37. The highest BCUT2D eigenvalue weighted by molar-refractivity contribution is 6.09. The van der Waals surface area contributed by atoms with Crippen molar-refractivity contribution in [2.24, 2.45) is 0 Å². The topological polar surface area (TPSA) is 88.7 Å². The van der Waals surface area contributed by atoms with Gasteiger partial charge in [-0.25, -0.2) is 4.79 Å². The highest BCUT2D eigenvalue weighted by atomic mass is 16.5. The van der Waals surface area contributed by atoms with Gasteiger partial charge in [0.2, 0.25) is 0 Å². The van der Waals surface area contributed by atoms with Crippen LogP contribution in [0.1, 0.15) is 21.5 Å². The van der Waals surface area contributed by atoms with Crippen LogP contribution in [-0.4, -0.2) is 25.6 Å². The second kappa shape index (κ2) is 8.79. The van der Waals surface area contributed by atoms with Crippen LogP contribution >= 0.6 is 0 Å². The van der Waals surface area contributed by atoms with Crippen molar-refractivity contribution in [3.63, 3.8) is 0 Å². The Labute approximate surface area is 180 Å². The summed E-state index contributed by atoms with van der Waals surface area (Å²) in [5.41, 5.74) is 3.58. The molecule has 0 saturated carbocycles. The van der Waals surface area contributed by atoms with Crippen LogP contribution in [0.15, 0.2) is 60.7 Å². The molecule has 3 amide bonds. The number of nitrogens with one attached hydrogen (secondary N) is 3. The molecule has 1 aliphatic rings. The molecule has 0 aliphatic carbocycles. The van der Waals surface area contributed by atoms with Crippen molar-refractivity contribution in [2.75, 3.05) is 24.3 Å². The van der Waals surface area contributed by atoms with Crippen LogP contribution in [0.3, 0.4) is 0 Å². The Kier molecular flexibility index (Phi) is 5.75. The molecule has 7 nitrogen and oxygen atoms in total. The molecular weight excluding hydrogens is 394 g/mol. The molecule has 31 heavy (non-hydrogen) atoms. The zero-order valence-electron chi connectivity index (χ0n) is 17.3. The summed E-state index contributed by atoms with van der Waals surface area (Å²) in [6.07, 6.45) is 0.690. The minimum atomic E-state index is -0.345. The molecule has 0 unspecified atom stereocenters. The Bertz CT molecular complexity index is 1130. The molecule has 3 aromatic carbocycles. The van der Waals surface area contributed by atoms with Crippen LogP contribution in [0, 0.1) is 6.92 Å². The summed E-state index contributed by atoms with van der Waals surface area (Å²) < 4.78 is 11.0. The van der Waals surface area contributed by atoms with Gasteiger partial charge in [0.25, 0.3) is 5.91 Å². The molecule has 1 aliphatic heterocycles. The van der Waals surface area contributed by atoms with Crippen molar-refractivity contribution < 1.29 is 19.1 Å². The number of carbonyl (C=O) groups excluding carboxylic acids is 2. The molecule has 158 valence electrons. The van der Waals surface area contributed by atoms with Crippen molar-refractivity contribution >= 4 is 23.3 Å². The number of fused-ring (bicyclic) bond motifs is 2. The fourth-order valence-electron chi connectivity index (χ4n) is 3.30. The predicted molar refractivity (Wildman–Crippen MR) is 119 cm³/mol. The molecule has 0 saturated heterocycles. The highest BCUT2D eigenvalue weighted by Gasteiger charge is 2.21. The smallest absolute Gasteiger partial charge is 0.319 e. The van der Waals surface area contributed by atoms with Crippen molar-refractivity contribution in [1.29, 1.82) is 0 Å². The summed E-state index contributed by atoms with van der Waals surface area (Å²) in [4.78, 5) is 24.9. The molecule has 3 N–H and O–H groups in total. The summed E-state index contributed by atoms with van der Waals surface area (Å²) in [5, 5.41) is 8.44. The van der Waals surface area contributed by atoms with Crippen LogP contribution in [0.4, 0.5) is 16.2 Å². The molecule has 0 bridgehead atoms. The molecular formula is C24H23N3O4. The average Bonchev–Trinajstić information content (AvgIpc) is 2.90. The summed E-state index contributed by atoms with van der Waals surface area (Å²) >= 11 is 0. The van der Waals surface area contributed by atoms with Crippen molar-refractivity contribution in [3.8, 4) is 17.2 Å². The molecule has 0 atom stereocenters. The monoisotopic (exact) mass is 417 g/mol. The quantitative estimate of drug-likeness (QED) is 0.560. The molecule has 0 aromatic heterocycles. The SMILES string of the molecule is COc1ccc(CCNC(=O)Nc2ccc3c(c2)C(=O)Nc2cc(C)ccc2O3)cc1. The number of carbonyl (C=O) groups is 2. The standard InChI is InChI=1S/C24H23N3O4/c1-15-3-9-22-20(13-15)27-23(28)19-14-17(6-10-21(19)31-22)26-24(29)25-12-11-16-4-7-18(30-2)8-5-16/h3-10,13-14H,11-12H2,1-2H3,(H,27,28)(H2,25,26,29). The number of amides is 3. The van der Waals surface area contributed by atoms with Gasteiger partial charge in [0.05, 0.1) is 18.4 Å². The van der Waals surface area contributed by atoms with Gasteiger partial charge < -0.3 is 25.4 Å². The van der Waals surface area contributed by atoms with Crippen molar-refractivity contribution in [3.05, 3.63) is 77.4 Å². The third-order valence-corrected chi connectivity index (χ3v) is 4.94. The van der Waals surface area contributed by atoms with Gasteiger partial charge in [-0.1, -0.05) is 18.2 Å². The van der Waals surface area contributed by atoms with E-state index in [-0.39, 0.29) is 11.9 Å². The number of hydrogen-bond donors (Lipinski definition) is 3. The Morgan fingerprint density at radius 3 is 2.58 bits per heavy atom. The Morgan fingerprint density at radius 2 is 1.81 bits per heavy atom. The first-order chi connectivity index (χ1) is 15.0. The van der Waals surface area contributed by atoms with E-state index in [4.69, 9.17) is 9.47 Å². The van der Waals surface area contributed by atoms with Crippen molar-refractivity contribution in [1.82, 2.24) is 5.32 Å². The van der Waals surface area contributed by atoms with Gasteiger partial charge in [0, 0.05) is 12.2 Å². The van der Waals surface area contributed by atoms with E-state index in [0.717, 1.165) is 16.9 Å². The van der Waals surface area contributed by atoms with E-state index in [0.29, 0.717) is 41.4 Å². The lowest BCUT2D eigenvalue weighted by atomic mass is 10.1. The van der Waals surface area contributed by atoms with Crippen LogP contribution in [-0.2, 0) is 6.42 Å². The molecule has 1 heterocycles. The number of anilines is 2. The number of rotatable bonds is 5. The average molecular weight is 417 g/mol. The summed E-state index contributed by atoms with van der Waals surface area (Å²) in [6, 6.07) is 17.9. The number of benzene rings is 3. The van der Waals surface area contributed by atoms with Gasteiger partial charge >= 0.3 is 6.03 Å². The van der Waals surface area contributed by atoms with E-state index in [9.17, 15) is 9.59 Å². The number of hydrogen-bond acceptors (Lipinski definition) is 4. The minimum absolute atomic E-state index is 0.289. The van der Waals surface area contributed by atoms with Gasteiger partial charge in [0.15, 0.2) is 5.75 Å². The van der Waals surface area contributed by atoms with E-state index < -0.39 is 0 Å². The number of methoxy groups -OCH3 is 1. The molecule has 0 spiro atoms.